The zero-order valence-electron chi connectivity index (χ0n) is 9.76. The van der Waals surface area contributed by atoms with Crippen molar-refractivity contribution in [3.8, 4) is 11.5 Å². The monoisotopic (exact) mass is 255 g/mol. The standard InChI is InChI=1S/C14H10ClN3/c1-9-8-12(14-16-7-6-13(15)18-14)17-11-5-3-2-4-10(9)11/h2-8H,1H3. The van der Waals surface area contributed by atoms with E-state index in [0.717, 1.165) is 22.2 Å². The molecule has 0 atom stereocenters. The van der Waals surface area contributed by atoms with Crippen LogP contribution in [0.4, 0.5) is 0 Å². The number of benzene rings is 1. The minimum absolute atomic E-state index is 0.424. The smallest absolute Gasteiger partial charge is 0.179 e. The summed E-state index contributed by atoms with van der Waals surface area (Å²) in [6.45, 7) is 2.05. The highest BCUT2D eigenvalue weighted by Crippen LogP contribution is 2.22. The van der Waals surface area contributed by atoms with Gasteiger partial charge < -0.3 is 0 Å². The van der Waals surface area contributed by atoms with Crippen molar-refractivity contribution in [2.24, 2.45) is 0 Å². The lowest BCUT2D eigenvalue weighted by molar-refractivity contribution is 1.15. The van der Waals surface area contributed by atoms with Gasteiger partial charge in [0.05, 0.1) is 5.52 Å². The summed E-state index contributed by atoms with van der Waals surface area (Å²) in [6, 6.07) is 11.6. The van der Waals surface area contributed by atoms with Crippen molar-refractivity contribution < 1.29 is 0 Å². The molecule has 0 fully saturated rings. The number of aromatic nitrogens is 3. The summed E-state index contributed by atoms with van der Waals surface area (Å²) in [5.74, 6) is 0.552. The van der Waals surface area contributed by atoms with Crippen molar-refractivity contribution in [2.75, 3.05) is 0 Å². The molecule has 0 radical (unpaired) electrons. The van der Waals surface area contributed by atoms with Gasteiger partial charge in [-0.25, -0.2) is 15.0 Å². The average Bonchev–Trinajstić information content (AvgIpc) is 2.39. The van der Waals surface area contributed by atoms with Gasteiger partial charge in [0.15, 0.2) is 5.82 Å². The quantitative estimate of drug-likeness (QED) is 0.623. The molecule has 3 nitrogen and oxygen atoms in total. The van der Waals surface area contributed by atoms with Crippen molar-refractivity contribution in [3.63, 3.8) is 0 Å². The molecular weight excluding hydrogens is 246 g/mol. The van der Waals surface area contributed by atoms with Crippen LogP contribution in [-0.4, -0.2) is 15.0 Å². The Morgan fingerprint density at radius 2 is 1.89 bits per heavy atom. The third-order valence-electron chi connectivity index (χ3n) is 2.77. The summed E-state index contributed by atoms with van der Waals surface area (Å²) < 4.78 is 0. The minimum Gasteiger partial charge on any atom is -0.244 e. The predicted octanol–water partition coefficient (Wildman–Crippen LogP) is 3.65. The Morgan fingerprint density at radius 1 is 1.06 bits per heavy atom. The second-order valence-electron chi connectivity index (χ2n) is 4.04. The molecule has 88 valence electrons. The van der Waals surface area contributed by atoms with E-state index in [-0.39, 0.29) is 0 Å². The van der Waals surface area contributed by atoms with Gasteiger partial charge in [0, 0.05) is 11.6 Å². The van der Waals surface area contributed by atoms with E-state index in [0.29, 0.717) is 11.0 Å². The molecule has 0 bridgehead atoms. The second-order valence-corrected chi connectivity index (χ2v) is 4.43. The first-order valence-corrected chi connectivity index (χ1v) is 5.97. The summed E-state index contributed by atoms with van der Waals surface area (Å²) in [6.07, 6.45) is 1.64. The van der Waals surface area contributed by atoms with Crippen LogP contribution in [0.15, 0.2) is 42.6 Å². The van der Waals surface area contributed by atoms with Crippen LogP contribution in [0.25, 0.3) is 22.4 Å². The molecule has 3 aromatic rings. The Bertz CT molecular complexity index is 725. The van der Waals surface area contributed by atoms with Gasteiger partial charge in [-0.05, 0) is 30.7 Å². The Labute approximate surface area is 109 Å². The molecule has 0 aliphatic carbocycles. The van der Waals surface area contributed by atoms with Gasteiger partial charge >= 0.3 is 0 Å². The molecule has 0 amide bonds. The number of hydrogen-bond donors (Lipinski definition) is 0. The molecule has 0 unspecified atom stereocenters. The lowest BCUT2D eigenvalue weighted by atomic mass is 10.1. The number of halogens is 1. The van der Waals surface area contributed by atoms with Gasteiger partial charge in [0.25, 0.3) is 0 Å². The third kappa shape index (κ3) is 1.93. The minimum atomic E-state index is 0.424. The van der Waals surface area contributed by atoms with E-state index in [2.05, 4.69) is 27.9 Å². The number of rotatable bonds is 1. The van der Waals surface area contributed by atoms with Gasteiger partial charge in [-0.3, -0.25) is 0 Å². The lowest BCUT2D eigenvalue weighted by Crippen LogP contribution is -1.93. The first kappa shape index (κ1) is 11.1. The summed E-state index contributed by atoms with van der Waals surface area (Å²) in [7, 11) is 0. The fourth-order valence-electron chi connectivity index (χ4n) is 1.92. The number of hydrogen-bond acceptors (Lipinski definition) is 3. The highest BCUT2D eigenvalue weighted by Gasteiger charge is 2.07. The topological polar surface area (TPSA) is 38.7 Å². The molecule has 0 aliphatic heterocycles. The Balaban J connectivity index is 2.24. The van der Waals surface area contributed by atoms with Crippen LogP contribution in [0.1, 0.15) is 5.56 Å². The van der Waals surface area contributed by atoms with Crippen LogP contribution in [0.5, 0.6) is 0 Å². The number of aryl methyl sites for hydroxylation is 1. The number of nitrogens with zero attached hydrogens (tertiary/aromatic N) is 3. The van der Waals surface area contributed by atoms with Gasteiger partial charge in [-0.1, -0.05) is 29.8 Å². The molecule has 0 saturated carbocycles. The number of fused-ring (bicyclic) bond motifs is 1. The molecule has 0 aliphatic rings. The molecule has 0 spiro atoms. The van der Waals surface area contributed by atoms with Crippen LogP contribution < -0.4 is 0 Å². The molecule has 2 heterocycles. The van der Waals surface area contributed by atoms with Gasteiger partial charge in [0.2, 0.25) is 0 Å². The van der Waals surface area contributed by atoms with E-state index in [4.69, 9.17) is 11.6 Å². The number of para-hydroxylation sites is 1. The Hall–Kier alpha value is -2.00. The van der Waals surface area contributed by atoms with Crippen molar-refractivity contribution in [1.29, 1.82) is 0 Å². The Morgan fingerprint density at radius 3 is 2.72 bits per heavy atom. The van der Waals surface area contributed by atoms with Crippen LogP contribution >= 0.6 is 11.6 Å². The first-order valence-electron chi connectivity index (χ1n) is 5.59. The molecule has 2 aromatic heterocycles. The molecule has 0 saturated heterocycles. The normalized spacial score (nSPS) is 10.8. The molecule has 0 N–H and O–H groups in total. The highest BCUT2D eigenvalue weighted by molar-refractivity contribution is 6.29. The maximum atomic E-state index is 5.87. The Kier molecular flexibility index (Phi) is 2.68. The van der Waals surface area contributed by atoms with Crippen molar-refractivity contribution in [2.45, 2.75) is 6.92 Å². The third-order valence-corrected chi connectivity index (χ3v) is 2.98. The average molecular weight is 256 g/mol. The molecule has 3 rings (SSSR count). The first-order chi connectivity index (χ1) is 8.74. The van der Waals surface area contributed by atoms with Gasteiger partial charge in [-0.15, -0.1) is 0 Å². The summed E-state index contributed by atoms with van der Waals surface area (Å²) in [5.41, 5.74) is 2.84. The largest absolute Gasteiger partial charge is 0.244 e. The lowest BCUT2D eigenvalue weighted by Gasteiger charge is -2.05. The highest BCUT2D eigenvalue weighted by atomic mass is 35.5. The second kappa shape index (κ2) is 4.35. The summed E-state index contributed by atoms with van der Waals surface area (Å²) in [5, 5.41) is 1.57. The van der Waals surface area contributed by atoms with Crippen molar-refractivity contribution >= 4 is 22.5 Å². The van der Waals surface area contributed by atoms with Gasteiger partial charge in [0.1, 0.15) is 10.8 Å². The predicted molar refractivity (Wildman–Crippen MR) is 72.5 cm³/mol. The maximum absolute atomic E-state index is 5.87. The maximum Gasteiger partial charge on any atom is 0.179 e. The van der Waals surface area contributed by atoms with E-state index in [9.17, 15) is 0 Å². The van der Waals surface area contributed by atoms with Gasteiger partial charge in [-0.2, -0.15) is 0 Å². The summed E-state index contributed by atoms with van der Waals surface area (Å²) in [4.78, 5) is 12.9. The summed E-state index contributed by atoms with van der Waals surface area (Å²) >= 11 is 5.87. The zero-order valence-corrected chi connectivity index (χ0v) is 10.5. The number of pyridine rings is 1. The van der Waals surface area contributed by atoms with E-state index in [1.54, 1.807) is 12.3 Å². The van der Waals surface area contributed by atoms with E-state index in [1.165, 1.54) is 0 Å². The van der Waals surface area contributed by atoms with Crippen LogP contribution in [-0.2, 0) is 0 Å². The fourth-order valence-corrected chi connectivity index (χ4v) is 2.06. The van der Waals surface area contributed by atoms with Crippen molar-refractivity contribution in [1.82, 2.24) is 15.0 Å². The zero-order chi connectivity index (χ0) is 12.5. The van der Waals surface area contributed by atoms with Crippen molar-refractivity contribution in [3.05, 3.63) is 53.3 Å². The fraction of sp³-hybridized carbons (Fsp3) is 0.0714. The SMILES string of the molecule is Cc1cc(-c2nccc(Cl)n2)nc2ccccc12. The molecule has 1 aromatic carbocycles. The molecular formula is C14H10ClN3. The van der Waals surface area contributed by atoms with E-state index >= 15 is 0 Å². The van der Waals surface area contributed by atoms with E-state index in [1.807, 2.05) is 24.3 Å². The van der Waals surface area contributed by atoms with E-state index < -0.39 is 0 Å². The van der Waals surface area contributed by atoms with Crippen LogP contribution in [0.3, 0.4) is 0 Å². The van der Waals surface area contributed by atoms with Crippen LogP contribution in [0, 0.1) is 6.92 Å². The molecule has 4 heteroatoms. The van der Waals surface area contributed by atoms with Crippen LogP contribution in [0.2, 0.25) is 5.15 Å². The molecule has 18 heavy (non-hydrogen) atoms.